The molecule has 31 heavy (non-hydrogen) atoms. The molecule has 0 radical (unpaired) electrons. The summed E-state index contributed by atoms with van der Waals surface area (Å²) in [5, 5.41) is 2.58. The van der Waals surface area contributed by atoms with Crippen LogP contribution in [-0.4, -0.2) is 23.1 Å². The van der Waals surface area contributed by atoms with Gasteiger partial charge in [-0.3, -0.25) is 4.79 Å². The SMILES string of the molecule is O=C(Nc1ccc(Cl)cc1F)C(NS(=O)(=O)c1cccc2nsnc12)c1ccccc1. The molecule has 7 nitrogen and oxygen atoms in total. The van der Waals surface area contributed by atoms with E-state index in [4.69, 9.17) is 11.6 Å². The molecule has 0 spiro atoms. The predicted octanol–water partition coefficient (Wildman–Crippen LogP) is 4.14. The van der Waals surface area contributed by atoms with E-state index in [1.807, 2.05) is 0 Å². The Morgan fingerprint density at radius 2 is 1.81 bits per heavy atom. The third kappa shape index (κ3) is 4.57. The van der Waals surface area contributed by atoms with Crippen LogP contribution in [0.5, 0.6) is 0 Å². The summed E-state index contributed by atoms with van der Waals surface area (Å²) in [6, 6.07) is 15.2. The molecule has 1 heterocycles. The Morgan fingerprint density at radius 1 is 1.03 bits per heavy atom. The monoisotopic (exact) mass is 476 g/mol. The van der Waals surface area contributed by atoms with E-state index in [0.29, 0.717) is 11.1 Å². The van der Waals surface area contributed by atoms with E-state index in [-0.39, 0.29) is 21.1 Å². The first-order valence-corrected chi connectivity index (χ1v) is 11.5. The molecule has 0 fully saturated rings. The standard InChI is InChI=1S/C20H14ClFN4O3S2/c21-13-9-10-15(14(22)11-13)23-20(27)18(12-5-2-1-3-6-12)26-31(28,29)17-8-4-7-16-19(17)25-30-24-16/h1-11,18,26H,(H,23,27). The van der Waals surface area contributed by atoms with Crippen LogP contribution in [0.4, 0.5) is 10.1 Å². The van der Waals surface area contributed by atoms with Gasteiger partial charge in [0, 0.05) is 5.02 Å². The van der Waals surface area contributed by atoms with Crippen LogP contribution >= 0.6 is 23.3 Å². The van der Waals surface area contributed by atoms with Crippen molar-refractivity contribution in [3.8, 4) is 0 Å². The van der Waals surface area contributed by atoms with Crippen LogP contribution in [0.25, 0.3) is 11.0 Å². The van der Waals surface area contributed by atoms with Gasteiger partial charge in [0.25, 0.3) is 0 Å². The number of carbonyl (C=O) groups is 1. The van der Waals surface area contributed by atoms with Gasteiger partial charge in [0.2, 0.25) is 15.9 Å². The summed E-state index contributed by atoms with van der Waals surface area (Å²) in [5.74, 6) is -1.51. The molecule has 1 aromatic heterocycles. The molecule has 3 aromatic carbocycles. The number of rotatable bonds is 6. The van der Waals surface area contributed by atoms with E-state index < -0.39 is 27.8 Å². The zero-order valence-electron chi connectivity index (χ0n) is 15.6. The number of benzene rings is 3. The van der Waals surface area contributed by atoms with E-state index in [0.717, 1.165) is 17.8 Å². The van der Waals surface area contributed by atoms with E-state index in [1.165, 1.54) is 18.2 Å². The topological polar surface area (TPSA) is 101 Å². The number of nitrogens with zero attached hydrogens (tertiary/aromatic N) is 2. The first kappa shape index (κ1) is 21.3. The summed E-state index contributed by atoms with van der Waals surface area (Å²) in [7, 11) is -4.18. The Kier molecular flexibility index (Phi) is 5.96. The lowest BCUT2D eigenvalue weighted by atomic mass is 10.1. The van der Waals surface area contributed by atoms with E-state index in [2.05, 4.69) is 18.8 Å². The third-order valence-electron chi connectivity index (χ3n) is 4.40. The van der Waals surface area contributed by atoms with Crippen LogP contribution in [0.15, 0.2) is 71.6 Å². The summed E-state index contributed by atoms with van der Waals surface area (Å²) >= 11 is 6.64. The van der Waals surface area contributed by atoms with Crippen LogP contribution in [0.2, 0.25) is 5.02 Å². The van der Waals surface area contributed by atoms with Crippen molar-refractivity contribution in [2.75, 3.05) is 5.32 Å². The van der Waals surface area contributed by atoms with Gasteiger partial charge < -0.3 is 5.32 Å². The average Bonchev–Trinajstić information content (AvgIpc) is 3.23. The van der Waals surface area contributed by atoms with Crippen molar-refractivity contribution >= 4 is 56.0 Å². The van der Waals surface area contributed by atoms with Crippen molar-refractivity contribution in [3.05, 3.63) is 83.1 Å². The molecule has 0 saturated heterocycles. The van der Waals surface area contributed by atoms with Gasteiger partial charge in [0.05, 0.1) is 17.4 Å². The molecule has 0 bridgehead atoms. The van der Waals surface area contributed by atoms with Crippen molar-refractivity contribution in [1.29, 1.82) is 0 Å². The second kappa shape index (κ2) is 8.67. The van der Waals surface area contributed by atoms with Crippen molar-refractivity contribution in [2.45, 2.75) is 10.9 Å². The van der Waals surface area contributed by atoms with Crippen LogP contribution in [0.3, 0.4) is 0 Å². The summed E-state index contributed by atoms with van der Waals surface area (Å²) in [6.45, 7) is 0. The molecular weight excluding hydrogens is 463 g/mol. The number of aromatic nitrogens is 2. The lowest BCUT2D eigenvalue weighted by Crippen LogP contribution is -2.37. The van der Waals surface area contributed by atoms with Crippen molar-refractivity contribution in [2.24, 2.45) is 0 Å². The second-order valence-corrected chi connectivity index (χ2v) is 9.11. The fraction of sp³-hybridized carbons (Fsp3) is 0.0500. The first-order valence-electron chi connectivity index (χ1n) is 8.89. The first-order chi connectivity index (χ1) is 14.8. The molecule has 11 heteroatoms. The van der Waals surface area contributed by atoms with E-state index in [9.17, 15) is 17.6 Å². The molecule has 0 aliphatic rings. The molecule has 1 amide bonds. The van der Waals surface area contributed by atoms with Gasteiger partial charge in [-0.15, -0.1) is 0 Å². The van der Waals surface area contributed by atoms with Crippen LogP contribution in [-0.2, 0) is 14.8 Å². The molecule has 4 rings (SSSR count). The maximum absolute atomic E-state index is 14.2. The average molecular weight is 477 g/mol. The van der Waals surface area contributed by atoms with Crippen molar-refractivity contribution < 1.29 is 17.6 Å². The summed E-state index contributed by atoms with van der Waals surface area (Å²) in [4.78, 5) is 12.9. The largest absolute Gasteiger partial charge is 0.322 e. The molecule has 1 atom stereocenters. The Balaban J connectivity index is 1.70. The van der Waals surface area contributed by atoms with Gasteiger partial charge >= 0.3 is 0 Å². The normalized spacial score (nSPS) is 12.6. The van der Waals surface area contributed by atoms with Crippen molar-refractivity contribution in [3.63, 3.8) is 0 Å². The molecule has 0 aliphatic carbocycles. The van der Waals surface area contributed by atoms with Gasteiger partial charge in [-0.2, -0.15) is 13.5 Å². The number of fused-ring (bicyclic) bond motifs is 1. The van der Waals surface area contributed by atoms with Crippen LogP contribution in [0, 0.1) is 5.82 Å². The highest BCUT2D eigenvalue weighted by Gasteiger charge is 2.29. The van der Waals surface area contributed by atoms with Gasteiger partial charge in [0.1, 0.15) is 27.8 Å². The number of anilines is 1. The van der Waals surface area contributed by atoms with Crippen LogP contribution < -0.4 is 10.0 Å². The minimum absolute atomic E-state index is 0.106. The number of amides is 1. The summed E-state index contributed by atoms with van der Waals surface area (Å²) in [5.41, 5.74) is 0.884. The number of sulfonamides is 1. The quantitative estimate of drug-likeness (QED) is 0.435. The van der Waals surface area contributed by atoms with E-state index >= 15 is 0 Å². The molecule has 2 N–H and O–H groups in total. The Labute approximate surface area is 186 Å². The molecule has 0 saturated carbocycles. The Morgan fingerprint density at radius 3 is 2.55 bits per heavy atom. The maximum Gasteiger partial charge on any atom is 0.247 e. The number of carbonyl (C=O) groups excluding carboxylic acids is 1. The molecule has 0 aliphatic heterocycles. The van der Waals surface area contributed by atoms with Gasteiger partial charge in [-0.25, -0.2) is 12.8 Å². The predicted molar refractivity (Wildman–Crippen MR) is 117 cm³/mol. The van der Waals surface area contributed by atoms with Gasteiger partial charge in [-0.1, -0.05) is 48.0 Å². The highest BCUT2D eigenvalue weighted by molar-refractivity contribution is 7.89. The Bertz CT molecular complexity index is 1360. The minimum atomic E-state index is -4.18. The highest BCUT2D eigenvalue weighted by atomic mass is 35.5. The summed E-state index contributed by atoms with van der Waals surface area (Å²) in [6.07, 6.45) is 0. The fourth-order valence-electron chi connectivity index (χ4n) is 2.93. The second-order valence-electron chi connectivity index (χ2n) is 6.47. The fourth-order valence-corrected chi connectivity index (χ4v) is 5.04. The Hall–Kier alpha value is -2.92. The molecule has 158 valence electrons. The highest BCUT2D eigenvalue weighted by Crippen LogP contribution is 2.25. The maximum atomic E-state index is 14.2. The number of hydrogen-bond donors (Lipinski definition) is 2. The smallest absolute Gasteiger partial charge is 0.247 e. The number of hydrogen-bond acceptors (Lipinski definition) is 6. The van der Waals surface area contributed by atoms with Crippen LogP contribution in [0.1, 0.15) is 11.6 Å². The van der Waals surface area contributed by atoms with E-state index in [1.54, 1.807) is 42.5 Å². The zero-order chi connectivity index (χ0) is 22.0. The van der Waals surface area contributed by atoms with Crippen molar-refractivity contribution in [1.82, 2.24) is 13.5 Å². The minimum Gasteiger partial charge on any atom is -0.322 e. The number of halogens is 2. The molecule has 4 aromatic rings. The summed E-state index contributed by atoms with van der Waals surface area (Å²) < 4.78 is 51.0. The zero-order valence-corrected chi connectivity index (χ0v) is 18.0. The van der Waals surface area contributed by atoms with Gasteiger partial charge in [-0.05, 0) is 35.9 Å². The lowest BCUT2D eigenvalue weighted by molar-refractivity contribution is -0.117. The molecule has 1 unspecified atom stereocenters. The third-order valence-corrected chi connectivity index (χ3v) is 6.63. The number of nitrogens with one attached hydrogen (secondary N) is 2. The molecular formula is C20H14ClFN4O3S2. The van der Waals surface area contributed by atoms with Gasteiger partial charge in [0.15, 0.2) is 0 Å². The lowest BCUT2D eigenvalue weighted by Gasteiger charge is -2.19.